The average molecular weight is 607 g/mol. The van der Waals surface area contributed by atoms with Crippen LogP contribution in [-0.4, -0.2) is 64.8 Å². The van der Waals surface area contributed by atoms with Gasteiger partial charge in [0.05, 0.1) is 16.4 Å². The molecular formula is C32H49Cl2N5O2. The number of aromatic nitrogens is 2. The molecule has 1 heterocycles. The summed E-state index contributed by atoms with van der Waals surface area (Å²) in [6.45, 7) is 17.5. The van der Waals surface area contributed by atoms with E-state index in [1.54, 1.807) is 6.92 Å². The summed E-state index contributed by atoms with van der Waals surface area (Å²) in [5.74, 6) is 1.76. The Kier molecular flexibility index (Phi) is 13.8. The smallest absolute Gasteiger partial charge is 0.232 e. The number of anilines is 2. The Bertz CT molecular complexity index is 1270. The first-order valence-electron chi connectivity index (χ1n) is 14.1. The van der Waals surface area contributed by atoms with Crippen LogP contribution in [0.1, 0.15) is 70.8 Å². The fraction of sp³-hybridized carbons (Fsp3) is 0.531. The molecule has 0 unspecified atom stereocenters. The average Bonchev–Trinajstić information content (AvgIpc) is 3.18. The van der Waals surface area contributed by atoms with Crippen LogP contribution in [0.5, 0.6) is 0 Å². The monoisotopic (exact) mass is 605 g/mol. The molecule has 0 spiro atoms. The lowest BCUT2D eigenvalue weighted by Crippen LogP contribution is -2.46. The topological polar surface area (TPSA) is 70.5 Å². The van der Waals surface area contributed by atoms with Gasteiger partial charge in [0.25, 0.3) is 0 Å². The third kappa shape index (κ3) is 9.45. The maximum absolute atomic E-state index is 13.9. The molecule has 0 radical (unpaired) electrons. The Morgan fingerprint density at radius 1 is 0.951 bits per heavy atom. The van der Waals surface area contributed by atoms with E-state index < -0.39 is 5.41 Å². The minimum Gasteiger partial charge on any atom is -0.341 e. The van der Waals surface area contributed by atoms with E-state index in [1.807, 2.05) is 55.1 Å². The van der Waals surface area contributed by atoms with Gasteiger partial charge in [-0.15, -0.1) is 24.8 Å². The summed E-state index contributed by atoms with van der Waals surface area (Å²) in [5.41, 5.74) is 3.76. The van der Waals surface area contributed by atoms with Crippen LogP contribution in [0.25, 0.3) is 11.0 Å². The third-order valence-electron chi connectivity index (χ3n) is 7.00. The SMILES string of the molecule is CC(=O)c1ccc(Nc2nc3ccc(C(C)(C)C(=O)N(CC(C)C)CC(C)C)cc3n2CCCN(C)C)cc1.Cl.Cl. The zero-order valence-corrected chi connectivity index (χ0v) is 27.8. The van der Waals surface area contributed by atoms with Gasteiger partial charge in [-0.3, -0.25) is 9.59 Å². The van der Waals surface area contributed by atoms with Crippen LogP contribution in [0.2, 0.25) is 0 Å². The molecule has 2 aromatic carbocycles. The fourth-order valence-corrected chi connectivity index (χ4v) is 4.94. The van der Waals surface area contributed by atoms with E-state index in [4.69, 9.17) is 4.98 Å². The Morgan fingerprint density at radius 3 is 2.05 bits per heavy atom. The van der Waals surface area contributed by atoms with Crippen molar-refractivity contribution < 1.29 is 9.59 Å². The molecule has 1 aromatic heterocycles. The lowest BCUT2D eigenvalue weighted by molar-refractivity contribution is -0.137. The highest BCUT2D eigenvalue weighted by Gasteiger charge is 2.35. The number of carbonyl (C=O) groups is 2. The number of imidazole rings is 1. The molecule has 9 heteroatoms. The number of amides is 1. The summed E-state index contributed by atoms with van der Waals surface area (Å²) in [4.78, 5) is 34.7. The Labute approximate surface area is 258 Å². The second-order valence-corrected chi connectivity index (χ2v) is 12.3. The van der Waals surface area contributed by atoms with Crippen LogP contribution in [0.3, 0.4) is 0 Å². The molecule has 1 N–H and O–H groups in total. The second-order valence-electron chi connectivity index (χ2n) is 12.3. The number of hydrogen-bond donors (Lipinski definition) is 1. The standard InChI is InChI=1S/C32H47N5O2.2ClH/c1-22(2)20-36(21-23(3)4)30(39)32(6,7)26-13-16-28-29(19-26)37(18-10-17-35(8)9)31(34-28)33-27-14-11-25(12-15-27)24(5)38;;/h11-16,19,22-23H,10,17-18,20-21H2,1-9H3,(H,33,34);2*1H. The van der Waals surface area contributed by atoms with Crippen molar-refractivity contribution in [3.63, 3.8) is 0 Å². The van der Waals surface area contributed by atoms with Crippen molar-refractivity contribution in [3.8, 4) is 0 Å². The van der Waals surface area contributed by atoms with Crippen molar-refractivity contribution in [1.29, 1.82) is 0 Å². The number of hydrogen-bond acceptors (Lipinski definition) is 5. The molecule has 0 aliphatic heterocycles. The van der Waals surface area contributed by atoms with Gasteiger partial charge in [0.2, 0.25) is 11.9 Å². The minimum atomic E-state index is -0.674. The molecule has 41 heavy (non-hydrogen) atoms. The number of carbonyl (C=O) groups excluding carboxylic acids is 2. The van der Waals surface area contributed by atoms with E-state index in [0.29, 0.717) is 17.4 Å². The quantitative estimate of drug-likeness (QED) is 0.209. The van der Waals surface area contributed by atoms with Crippen molar-refractivity contribution in [2.75, 3.05) is 39.0 Å². The fourth-order valence-electron chi connectivity index (χ4n) is 4.94. The first-order chi connectivity index (χ1) is 18.3. The lowest BCUT2D eigenvalue weighted by Gasteiger charge is -2.34. The highest BCUT2D eigenvalue weighted by molar-refractivity contribution is 5.94. The molecule has 0 bridgehead atoms. The highest BCUT2D eigenvalue weighted by atomic mass is 35.5. The number of fused-ring (bicyclic) bond motifs is 1. The van der Waals surface area contributed by atoms with Gasteiger partial charge in [-0.2, -0.15) is 0 Å². The van der Waals surface area contributed by atoms with Gasteiger partial charge in [-0.1, -0.05) is 33.8 Å². The van der Waals surface area contributed by atoms with Crippen LogP contribution in [0.4, 0.5) is 11.6 Å². The number of rotatable bonds is 13. The Hall–Kier alpha value is -2.61. The summed E-state index contributed by atoms with van der Waals surface area (Å²) in [5, 5.41) is 3.46. The van der Waals surface area contributed by atoms with E-state index >= 15 is 0 Å². The molecule has 3 rings (SSSR count). The van der Waals surface area contributed by atoms with Crippen LogP contribution in [0, 0.1) is 11.8 Å². The molecule has 0 aliphatic rings. The van der Waals surface area contributed by atoms with Crippen LogP contribution < -0.4 is 5.32 Å². The van der Waals surface area contributed by atoms with Gasteiger partial charge >= 0.3 is 0 Å². The number of nitrogens with zero attached hydrogens (tertiary/aromatic N) is 4. The maximum atomic E-state index is 13.9. The normalized spacial score (nSPS) is 11.5. The van der Waals surface area contributed by atoms with Gasteiger partial charge in [0.1, 0.15) is 0 Å². The Balaban J connectivity index is 0.00000420. The zero-order valence-electron chi connectivity index (χ0n) is 26.2. The number of ketones is 1. The molecule has 7 nitrogen and oxygen atoms in total. The molecule has 3 aromatic rings. The second kappa shape index (κ2) is 15.6. The highest BCUT2D eigenvalue weighted by Crippen LogP contribution is 2.31. The van der Waals surface area contributed by atoms with Crippen LogP contribution >= 0.6 is 24.8 Å². The van der Waals surface area contributed by atoms with Crippen molar-refractivity contribution in [2.45, 2.75) is 66.8 Å². The summed E-state index contributed by atoms with van der Waals surface area (Å²) in [6.07, 6.45) is 0.958. The van der Waals surface area contributed by atoms with E-state index in [1.165, 1.54) is 0 Å². The Morgan fingerprint density at radius 2 is 1.54 bits per heavy atom. The lowest BCUT2D eigenvalue weighted by atomic mass is 9.82. The largest absolute Gasteiger partial charge is 0.341 e. The molecule has 0 aliphatic carbocycles. The predicted molar refractivity (Wildman–Crippen MR) is 176 cm³/mol. The predicted octanol–water partition coefficient (Wildman–Crippen LogP) is 7.20. The van der Waals surface area contributed by atoms with Gasteiger partial charge < -0.3 is 19.7 Å². The minimum absolute atomic E-state index is 0. The number of benzene rings is 2. The van der Waals surface area contributed by atoms with E-state index in [0.717, 1.165) is 60.8 Å². The van der Waals surface area contributed by atoms with E-state index in [9.17, 15) is 9.59 Å². The van der Waals surface area contributed by atoms with Crippen molar-refractivity contribution in [2.24, 2.45) is 11.8 Å². The first kappa shape index (κ1) is 36.4. The van der Waals surface area contributed by atoms with Gasteiger partial charge in [-0.25, -0.2) is 4.98 Å². The number of aryl methyl sites for hydroxylation is 1. The van der Waals surface area contributed by atoms with Crippen LogP contribution in [-0.2, 0) is 16.8 Å². The molecule has 0 atom stereocenters. The van der Waals surface area contributed by atoms with Gasteiger partial charge in [-0.05, 0) is 102 Å². The number of halogens is 2. The summed E-state index contributed by atoms with van der Waals surface area (Å²) in [7, 11) is 4.15. The van der Waals surface area contributed by atoms with Gasteiger partial charge in [0, 0.05) is 30.9 Å². The number of nitrogens with one attached hydrogen (secondary N) is 1. The van der Waals surface area contributed by atoms with Crippen LogP contribution in [0.15, 0.2) is 42.5 Å². The zero-order chi connectivity index (χ0) is 28.9. The molecule has 0 saturated carbocycles. The number of Topliss-reactive ketones (excluding diaryl/α,β-unsaturated/α-hetero) is 1. The summed E-state index contributed by atoms with van der Waals surface area (Å²) in [6, 6.07) is 13.7. The third-order valence-corrected chi connectivity index (χ3v) is 7.00. The molecule has 0 fully saturated rings. The summed E-state index contributed by atoms with van der Waals surface area (Å²) < 4.78 is 2.21. The van der Waals surface area contributed by atoms with Crippen molar-refractivity contribution >= 4 is 59.2 Å². The van der Waals surface area contributed by atoms with Crippen molar-refractivity contribution in [1.82, 2.24) is 19.4 Å². The van der Waals surface area contributed by atoms with Crippen molar-refractivity contribution in [3.05, 3.63) is 53.6 Å². The first-order valence-corrected chi connectivity index (χ1v) is 14.1. The maximum Gasteiger partial charge on any atom is 0.232 e. The molecular weight excluding hydrogens is 557 g/mol. The molecule has 228 valence electrons. The molecule has 0 saturated heterocycles. The molecule has 1 amide bonds. The summed E-state index contributed by atoms with van der Waals surface area (Å²) >= 11 is 0. The van der Waals surface area contributed by atoms with E-state index in [-0.39, 0.29) is 36.5 Å². The van der Waals surface area contributed by atoms with E-state index in [2.05, 4.69) is 62.6 Å². The van der Waals surface area contributed by atoms with Gasteiger partial charge in [0.15, 0.2) is 5.78 Å².